The van der Waals surface area contributed by atoms with Crippen molar-refractivity contribution >= 4 is 23.7 Å². The molecule has 3 N–H and O–H groups in total. The average Bonchev–Trinajstić information content (AvgIpc) is 3.15. The fourth-order valence-corrected chi connectivity index (χ4v) is 2.21. The summed E-state index contributed by atoms with van der Waals surface area (Å²) in [5.74, 6) is -0.321. The monoisotopic (exact) mass is 347 g/mol. The zero-order valence-corrected chi connectivity index (χ0v) is 13.8. The van der Waals surface area contributed by atoms with E-state index in [9.17, 15) is 9.59 Å². The Labute approximate surface area is 150 Å². The van der Waals surface area contributed by atoms with Crippen LogP contribution in [0.25, 0.3) is 17.3 Å². The van der Waals surface area contributed by atoms with Gasteiger partial charge in [-0.25, -0.2) is 0 Å². The van der Waals surface area contributed by atoms with Crippen molar-refractivity contribution in [2.45, 2.75) is 0 Å². The number of rotatable bonds is 6. The molecule has 0 aliphatic carbocycles. The Morgan fingerprint density at radius 2 is 1.85 bits per heavy atom. The minimum atomic E-state index is -0.362. The third-order valence-corrected chi connectivity index (χ3v) is 3.49. The number of anilines is 1. The van der Waals surface area contributed by atoms with Crippen LogP contribution in [0.15, 0.2) is 67.0 Å². The molecule has 0 bridgehead atoms. The largest absolute Gasteiger partial charge is 0.343 e. The molecule has 0 aliphatic heterocycles. The third kappa shape index (κ3) is 4.88. The van der Waals surface area contributed by atoms with Crippen molar-refractivity contribution < 1.29 is 9.59 Å². The molecule has 2 amide bonds. The zero-order chi connectivity index (χ0) is 18.2. The Morgan fingerprint density at radius 3 is 2.62 bits per heavy atom. The molecule has 0 fully saturated rings. The Morgan fingerprint density at radius 1 is 1.08 bits per heavy atom. The molecule has 0 saturated carbocycles. The van der Waals surface area contributed by atoms with Crippen LogP contribution >= 0.6 is 0 Å². The Bertz CT molecular complexity index is 904. The first-order valence-electron chi connectivity index (χ1n) is 7.97. The lowest BCUT2D eigenvalue weighted by Gasteiger charge is -2.02. The second-order valence-electron chi connectivity index (χ2n) is 5.41. The molecule has 0 unspecified atom stereocenters. The van der Waals surface area contributed by atoms with E-state index in [0.717, 1.165) is 16.8 Å². The third-order valence-electron chi connectivity index (χ3n) is 3.49. The number of carbonyl (C=O) groups excluding carboxylic acids is 2. The van der Waals surface area contributed by atoms with E-state index in [4.69, 9.17) is 0 Å². The van der Waals surface area contributed by atoms with Gasteiger partial charge in [0.15, 0.2) is 5.82 Å². The highest BCUT2D eigenvalue weighted by Gasteiger charge is 2.08. The summed E-state index contributed by atoms with van der Waals surface area (Å²) in [6.45, 7) is -0.143. The van der Waals surface area contributed by atoms with E-state index >= 15 is 0 Å². The van der Waals surface area contributed by atoms with E-state index in [1.807, 2.05) is 42.5 Å². The van der Waals surface area contributed by atoms with Gasteiger partial charge >= 0.3 is 0 Å². The second-order valence-corrected chi connectivity index (χ2v) is 5.41. The molecule has 0 radical (unpaired) electrons. The molecule has 3 rings (SSSR count). The van der Waals surface area contributed by atoms with Crippen LogP contribution in [0.4, 0.5) is 5.82 Å². The average molecular weight is 347 g/mol. The lowest BCUT2D eigenvalue weighted by molar-refractivity contribution is -0.121. The molecule has 2 heterocycles. The quantitative estimate of drug-likeness (QED) is 0.595. The summed E-state index contributed by atoms with van der Waals surface area (Å²) in [4.78, 5) is 27.6. The lowest BCUT2D eigenvalue weighted by atomic mass is 10.2. The number of aromatic amines is 1. The van der Waals surface area contributed by atoms with Gasteiger partial charge in [-0.3, -0.25) is 19.7 Å². The minimum Gasteiger partial charge on any atom is -0.343 e. The molecule has 130 valence electrons. The van der Waals surface area contributed by atoms with Gasteiger partial charge in [-0.1, -0.05) is 30.3 Å². The lowest BCUT2D eigenvalue weighted by Crippen LogP contribution is -2.31. The normalized spacial score (nSPS) is 10.6. The van der Waals surface area contributed by atoms with Crippen LogP contribution in [0.5, 0.6) is 0 Å². The van der Waals surface area contributed by atoms with Crippen molar-refractivity contribution in [1.29, 1.82) is 0 Å². The molecule has 0 atom stereocenters. The molecule has 7 nitrogen and oxygen atoms in total. The predicted molar refractivity (Wildman–Crippen MR) is 98.9 cm³/mol. The summed E-state index contributed by atoms with van der Waals surface area (Å²) in [6.07, 6.45) is 6.42. The van der Waals surface area contributed by atoms with Crippen molar-refractivity contribution in [1.82, 2.24) is 20.5 Å². The summed E-state index contributed by atoms with van der Waals surface area (Å²) in [5.41, 5.74) is 2.58. The van der Waals surface area contributed by atoms with Crippen molar-refractivity contribution in [2.24, 2.45) is 0 Å². The van der Waals surface area contributed by atoms with Crippen LogP contribution in [-0.4, -0.2) is 33.5 Å². The van der Waals surface area contributed by atoms with Gasteiger partial charge < -0.3 is 10.6 Å². The Balaban J connectivity index is 1.48. The maximum absolute atomic E-state index is 11.9. The maximum Gasteiger partial charge on any atom is 0.244 e. The first-order chi connectivity index (χ1) is 12.7. The number of H-pyrrole nitrogens is 1. The van der Waals surface area contributed by atoms with Crippen LogP contribution in [-0.2, 0) is 9.59 Å². The molecule has 0 saturated heterocycles. The molecular formula is C19H17N5O2. The van der Waals surface area contributed by atoms with Gasteiger partial charge in [0.25, 0.3) is 0 Å². The van der Waals surface area contributed by atoms with Gasteiger partial charge in [0.05, 0.1) is 12.2 Å². The second kappa shape index (κ2) is 8.39. The van der Waals surface area contributed by atoms with E-state index in [2.05, 4.69) is 25.8 Å². The van der Waals surface area contributed by atoms with Crippen LogP contribution in [0.1, 0.15) is 5.56 Å². The van der Waals surface area contributed by atoms with E-state index in [1.54, 1.807) is 24.5 Å². The predicted octanol–water partition coefficient (Wildman–Crippen LogP) is 2.24. The van der Waals surface area contributed by atoms with Gasteiger partial charge in [0.1, 0.15) is 0 Å². The number of nitrogens with zero attached hydrogens (tertiary/aromatic N) is 2. The highest BCUT2D eigenvalue weighted by atomic mass is 16.2. The highest BCUT2D eigenvalue weighted by molar-refractivity contribution is 5.97. The van der Waals surface area contributed by atoms with Gasteiger partial charge in [-0.15, -0.1) is 0 Å². The topological polar surface area (TPSA) is 99.8 Å². The number of hydrogen-bond donors (Lipinski definition) is 3. The number of benzene rings is 1. The number of pyridine rings is 1. The van der Waals surface area contributed by atoms with Crippen molar-refractivity contribution in [3.63, 3.8) is 0 Å². The SMILES string of the molecule is O=C(/C=C\c1ccccc1)NCC(=O)Nc1cc(-c2ccncc2)[nH]n1. The summed E-state index contributed by atoms with van der Waals surface area (Å²) in [6, 6.07) is 14.8. The van der Waals surface area contributed by atoms with Crippen LogP contribution < -0.4 is 10.6 Å². The van der Waals surface area contributed by atoms with Gasteiger partial charge in [-0.05, 0) is 23.8 Å². The number of hydrogen-bond acceptors (Lipinski definition) is 4. The number of amides is 2. The van der Waals surface area contributed by atoms with E-state index in [1.165, 1.54) is 6.08 Å². The number of carbonyl (C=O) groups is 2. The standard InChI is InChI=1S/C19H17N5O2/c25-18(7-6-14-4-2-1-3-5-14)21-13-19(26)22-17-12-16(23-24-17)15-8-10-20-11-9-15/h1-12H,13H2,(H,21,25)(H2,22,23,24,26)/b7-6-. The first-order valence-corrected chi connectivity index (χ1v) is 7.97. The summed E-state index contributed by atoms with van der Waals surface area (Å²) >= 11 is 0. The minimum absolute atomic E-state index is 0.143. The van der Waals surface area contributed by atoms with Gasteiger partial charge in [0, 0.05) is 30.1 Å². The van der Waals surface area contributed by atoms with E-state index in [-0.39, 0.29) is 18.4 Å². The number of aromatic nitrogens is 3. The van der Waals surface area contributed by atoms with Crippen molar-refractivity contribution in [3.8, 4) is 11.3 Å². The Hall–Kier alpha value is -3.74. The smallest absolute Gasteiger partial charge is 0.244 e. The van der Waals surface area contributed by atoms with Crippen LogP contribution in [0.2, 0.25) is 0 Å². The fourth-order valence-electron chi connectivity index (χ4n) is 2.21. The molecule has 26 heavy (non-hydrogen) atoms. The Kier molecular flexibility index (Phi) is 5.51. The first kappa shape index (κ1) is 17.1. The molecule has 0 aliphatic rings. The summed E-state index contributed by atoms with van der Waals surface area (Å²) < 4.78 is 0. The van der Waals surface area contributed by atoms with E-state index in [0.29, 0.717) is 5.82 Å². The molecule has 7 heteroatoms. The maximum atomic E-state index is 11.9. The van der Waals surface area contributed by atoms with Crippen LogP contribution in [0, 0.1) is 0 Å². The zero-order valence-electron chi connectivity index (χ0n) is 13.8. The molecule has 1 aromatic carbocycles. The van der Waals surface area contributed by atoms with Crippen molar-refractivity contribution in [3.05, 3.63) is 72.6 Å². The van der Waals surface area contributed by atoms with Gasteiger partial charge in [-0.2, -0.15) is 5.10 Å². The number of nitrogens with one attached hydrogen (secondary N) is 3. The molecule has 0 spiro atoms. The molecule has 3 aromatic rings. The molecular weight excluding hydrogens is 330 g/mol. The van der Waals surface area contributed by atoms with Crippen LogP contribution in [0.3, 0.4) is 0 Å². The summed E-state index contributed by atoms with van der Waals surface area (Å²) in [5, 5.41) is 12.0. The van der Waals surface area contributed by atoms with E-state index < -0.39 is 0 Å². The summed E-state index contributed by atoms with van der Waals surface area (Å²) in [7, 11) is 0. The highest BCUT2D eigenvalue weighted by Crippen LogP contribution is 2.18. The molecule has 2 aromatic heterocycles. The fraction of sp³-hybridized carbons (Fsp3) is 0.0526. The van der Waals surface area contributed by atoms with Gasteiger partial charge in [0.2, 0.25) is 11.8 Å². The van der Waals surface area contributed by atoms with Crippen molar-refractivity contribution in [2.75, 3.05) is 11.9 Å².